The van der Waals surface area contributed by atoms with Gasteiger partial charge in [0.2, 0.25) is 5.91 Å². The fourth-order valence-electron chi connectivity index (χ4n) is 2.37. The Balaban J connectivity index is 2.44. The van der Waals surface area contributed by atoms with Gasteiger partial charge >= 0.3 is 0 Å². The average Bonchev–Trinajstić information content (AvgIpc) is 2.33. The summed E-state index contributed by atoms with van der Waals surface area (Å²) in [5.41, 5.74) is 0.00611. The number of amides is 1. The van der Waals surface area contributed by atoms with E-state index in [0.29, 0.717) is 13.2 Å². The summed E-state index contributed by atoms with van der Waals surface area (Å²) in [6, 6.07) is -0.119. The number of carbonyl (C=O) groups excluding carboxylic acids is 1. The van der Waals surface area contributed by atoms with Crippen LogP contribution in [0.1, 0.15) is 26.7 Å². The van der Waals surface area contributed by atoms with E-state index in [4.69, 9.17) is 9.47 Å². The second-order valence-electron chi connectivity index (χ2n) is 5.54. The Morgan fingerprint density at radius 3 is 2.78 bits per heavy atom. The molecule has 106 valence electrons. The van der Waals surface area contributed by atoms with Gasteiger partial charge in [0.25, 0.3) is 0 Å². The van der Waals surface area contributed by atoms with Gasteiger partial charge in [0.05, 0.1) is 18.8 Å². The highest BCUT2D eigenvalue weighted by atomic mass is 16.5. The van der Waals surface area contributed by atoms with Crippen LogP contribution in [0.5, 0.6) is 0 Å². The molecule has 0 aliphatic carbocycles. The first-order chi connectivity index (χ1) is 8.51. The fourth-order valence-corrected chi connectivity index (χ4v) is 2.37. The molecular weight excluding hydrogens is 232 g/mol. The number of ether oxygens (including phenoxy) is 2. The standard InChI is InChI=1S/C13H26N2O3/c1-13(2)6-5-7-14-11(13)12(16)15-8-10(18-4)9-17-3/h10-11,14H,5-9H2,1-4H3,(H,15,16). The maximum absolute atomic E-state index is 12.2. The maximum Gasteiger partial charge on any atom is 0.237 e. The van der Waals surface area contributed by atoms with Crippen molar-refractivity contribution in [3.05, 3.63) is 0 Å². The van der Waals surface area contributed by atoms with Gasteiger partial charge in [0.1, 0.15) is 0 Å². The molecule has 1 aliphatic heterocycles. The molecule has 0 aromatic heterocycles. The van der Waals surface area contributed by atoms with Crippen LogP contribution in [0.25, 0.3) is 0 Å². The van der Waals surface area contributed by atoms with E-state index < -0.39 is 0 Å². The summed E-state index contributed by atoms with van der Waals surface area (Å²) in [5, 5.41) is 6.24. The molecule has 2 unspecified atom stereocenters. The van der Waals surface area contributed by atoms with Gasteiger partial charge in [-0.1, -0.05) is 13.8 Å². The Morgan fingerprint density at radius 2 is 2.22 bits per heavy atom. The lowest BCUT2D eigenvalue weighted by Gasteiger charge is -2.38. The molecule has 1 amide bonds. The van der Waals surface area contributed by atoms with Crippen molar-refractivity contribution >= 4 is 5.91 Å². The highest BCUT2D eigenvalue weighted by molar-refractivity contribution is 5.82. The van der Waals surface area contributed by atoms with Gasteiger partial charge in [-0.25, -0.2) is 0 Å². The van der Waals surface area contributed by atoms with E-state index in [0.717, 1.165) is 19.4 Å². The number of hydrogen-bond acceptors (Lipinski definition) is 4. The highest BCUT2D eigenvalue weighted by Crippen LogP contribution is 2.29. The van der Waals surface area contributed by atoms with Crippen molar-refractivity contribution in [2.45, 2.75) is 38.8 Å². The molecule has 1 aliphatic rings. The molecule has 0 aromatic carbocycles. The maximum atomic E-state index is 12.2. The first-order valence-corrected chi connectivity index (χ1v) is 6.54. The van der Waals surface area contributed by atoms with Gasteiger partial charge in [0, 0.05) is 20.8 Å². The topological polar surface area (TPSA) is 59.6 Å². The van der Waals surface area contributed by atoms with Gasteiger partial charge in [-0.15, -0.1) is 0 Å². The lowest BCUT2D eigenvalue weighted by molar-refractivity contribution is -0.127. The summed E-state index contributed by atoms with van der Waals surface area (Å²) in [5.74, 6) is 0.0536. The zero-order valence-electron chi connectivity index (χ0n) is 11.9. The molecule has 0 radical (unpaired) electrons. The minimum Gasteiger partial charge on any atom is -0.382 e. The molecule has 1 fully saturated rings. The predicted octanol–water partition coefficient (Wildman–Crippen LogP) is 0.542. The van der Waals surface area contributed by atoms with Crippen LogP contribution in [0.15, 0.2) is 0 Å². The second kappa shape index (κ2) is 7.07. The summed E-state index contributed by atoms with van der Waals surface area (Å²) < 4.78 is 10.2. The normalized spacial score (nSPS) is 24.6. The van der Waals surface area contributed by atoms with E-state index in [9.17, 15) is 4.79 Å². The molecule has 5 nitrogen and oxygen atoms in total. The van der Waals surface area contributed by atoms with E-state index in [1.807, 2.05) is 0 Å². The van der Waals surface area contributed by atoms with E-state index in [1.165, 1.54) is 0 Å². The zero-order valence-corrected chi connectivity index (χ0v) is 11.9. The molecule has 0 saturated carbocycles. The molecule has 2 atom stereocenters. The third-order valence-corrected chi connectivity index (χ3v) is 3.58. The zero-order chi connectivity index (χ0) is 13.6. The van der Waals surface area contributed by atoms with Gasteiger partial charge in [0.15, 0.2) is 0 Å². The van der Waals surface area contributed by atoms with E-state index in [1.54, 1.807) is 14.2 Å². The predicted molar refractivity (Wildman–Crippen MR) is 70.5 cm³/mol. The van der Waals surface area contributed by atoms with Gasteiger partial charge in [-0.05, 0) is 24.8 Å². The largest absolute Gasteiger partial charge is 0.382 e. The molecule has 2 N–H and O–H groups in total. The van der Waals surface area contributed by atoms with Crippen molar-refractivity contribution < 1.29 is 14.3 Å². The average molecular weight is 258 g/mol. The molecule has 1 saturated heterocycles. The summed E-state index contributed by atoms with van der Waals surface area (Å²) in [7, 11) is 3.25. The molecule has 0 aromatic rings. The van der Waals surface area contributed by atoms with Gasteiger partial charge in [-0.2, -0.15) is 0 Å². The minimum atomic E-state index is -0.119. The number of carbonyl (C=O) groups is 1. The second-order valence-corrected chi connectivity index (χ2v) is 5.54. The lowest BCUT2D eigenvalue weighted by Crippen LogP contribution is -2.56. The Kier molecular flexibility index (Phi) is 6.05. The van der Waals surface area contributed by atoms with Crippen molar-refractivity contribution in [1.29, 1.82) is 0 Å². The van der Waals surface area contributed by atoms with Gasteiger partial charge in [-0.3, -0.25) is 4.79 Å². The summed E-state index contributed by atoms with van der Waals surface area (Å²) in [4.78, 5) is 12.2. The minimum absolute atomic E-state index is 0.00611. The highest BCUT2D eigenvalue weighted by Gasteiger charge is 2.36. The van der Waals surface area contributed by atoms with Crippen molar-refractivity contribution in [2.24, 2.45) is 5.41 Å². The van der Waals surface area contributed by atoms with Crippen LogP contribution >= 0.6 is 0 Å². The molecule has 0 bridgehead atoms. The Hall–Kier alpha value is -0.650. The molecule has 5 heteroatoms. The van der Waals surface area contributed by atoms with Crippen molar-refractivity contribution in [3.63, 3.8) is 0 Å². The van der Waals surface area contributed by atoms with E-state index in [2.05, 4.69) is 24.5 Å². The van der Waals surface area contributed by atoms with E-state index >= 15 is 0 Å². The fraction of sp³-hybridized carbons (Fsp3) is 0.923. The quantitative estimate of drug-likeness (QED) is 0.730. The molecular formula is C13H26N2O3. The molecule has 1 heterocycles. The van der Waals surface area contributed by atoms with Crippen LogP contribution in [-0.4, -0.2) is 52.0 Å². The number of methoxy groups -OCH3 is 2. The number of rotatable bonds is 6. The summed E-state index contributed by atoms with van der Waals surface area (Å²) in [6.45, 7) is 6.14. The summed E-state index contributed by atoms with van der Waals surface area (Å²) >= 11 is 0. The van der Waals surface area contributed by atoms with Crippen LogP contribution in [0.2, 0.25) is 0 Å². The number of nitrogens with one attached hydrogen (secondary N) is 2. The molecule has 18 heavy (non-hydrogen) atoms. The third-order valence-electron chi connectivity index (χ3n) is 3.58. The monoisotopic (exact) mass is 258 g/mol. The molecule has 0 spiro atoms. The SMILES string of the molecule is COCC(CNC(=O)C1NCCCC1(C)C)OC. The van der Waals surface area contributed by atoms with Crippen molar-refractivity contribution in [1.82, 2.24) is 10.6 Å². The number of piperidine rings is 1. The van der Waals surface area contributed by atoms with Crippen LogP contribution in [0.3, 0.4) is 0 Å². The first kappa shape index (κ1) is 15.4. The third kappa shape index (κ3) is 4.23. The lowest BCUT2D eigenvalue weighted by atomic mass is 9.77. The Labute approximate surface area is 110 Å². The van der Waals surface area contributed by atoms with Gasteiger partial charge < -0.3 is 20.1 Å². The smallest absolute Gasteiger partial charge is 0.237 e. The van der Waals surface area contributed by atoms with Crippen molar-refractivity contribution in [3.8, 4) is 0 Å². The van der Waals surface area contributed by atoms with E-state index in [-0.39, 0.29) is 23.5 Å². The summed E-state index contributed by atoms with van der Waals surface area (Å²) in [6.07, 6.45) is 2.11. The van der Waals surface area contributed by atoms with Crippen LogP contribution < -0.4 is 10.6 Å². The van der Waals surface area contributed by atoms with Crippen LogP contribution in [0, 0.1) is 5.41 Å². The van der Waals surface area contributed by atoms with Crippen LogP contribution in [0.4, 0.5) is 0 Å². The number of hydrogen-bond donors (Lipinski definition) is 2. The molecule has 1 rings (SSSR count). The first-order valence-electron chi connectivity index (χ1n) is 6.54. The van der Waals surface area contributed by atoms with Crippen molar-refractivity contribution in [2.75, 3.05) is 33.9 Å². The Morgan fingerprint density at radius 1 is 1.50 bits per heavy atom. The van der Waals surface area contributed by atoms with Crippen LogP contribution in [-0.2, 0) is 14.3 Å². The Bertz CT molecular complexity index is 269.